The molecular weight excluding hydrogens is 479 g/mol. The van der Waals surface area contributed by atoms with Crippen LogP contribution in [0.4, 0.5) is 4.39 Å². The Kier molecular flexibility index (Phi) is 6.75. The second-order valence-corrected chi connectivity index (χ2v) is 11.9. The van der Waals surface area contributed by atoms with Crippen LogP contribution < -0.4 is 5.32 Å². The summed E-state index contributed by atoms with van der Waals surface area (Å²) in [5.41, 5.74) is 0.599. The Balaban J connectivity index is 1.61. The molecule has 4 rings (SSSR count). The number of hydrogen-bond donors (Lipinski definition) is 1. The van der Waals surface area contributed by atoms with Gasteiger partial charge in [-0.15, -0.1) is 0 Å². The maximum atomic E-state index is 14.7. The molecule has 1 N–H and O–H groups in total. The van der Waals surface area contributed by atoms with Gasteiger partial charge in [0.25, 0.3) is 5.91 Å². The van der Waals surface area contributed by atoms with Crippen molar-refractivity contribution in [3.8, 4) is 0 Å². The number of likely N-dealkylation sites (tertiary alicyclic amines) is 1. The molecule has 9 heteroatoms. The first-order valence-electron chi connectivity index (χ1n) is 11.4. The van der Waals surface area contributed by atoms with Gasteiger partial charge in [-0.2, -0.15) is 0 Å². The molecule has 2 aliphatic rings. The fourth-order valence-corrected chi connectivity index (χ4v) is 5.50. The van der Waals surface area contributed by atoms with E-state index < -0.39 is 33.6 Å². The molecule has 0 spiro atoms. The van der Waals surface area contributed by atoms with E-state index in [2.05, 4.69) is 5.32 Å². The first-order valence-corrected chi connectivity index (χ1v) is 13.6. The molecule has 1 saturated carbocycles. The maximum Gasteiger partial charge on any atom is 0.254 e. The van der Waals surface area contributed by atoms with Gasteiger partial charge in [0, 0.05) is 28.4 Å². The molecule has 1 aliphatic heterocycles. The average molecular weight is 507 g/mol. The van der Waals surface area contributed by atoms with E-state index in [-0.39, 0.29) is 39.3 Å². The quantitative estimate of drug-likeness (QED) is 0.630. The van der Waals surface area contributed by atoms with E-state index in [9.17, 15) is 22.4 Å². The number of nitrogens with one attached hydrogen (secondary N) is 1. The van der Waals surface area contributed by atoms with Gasteiger partial charge in [-0.05, 0) is 68.4 Å². The summed E-state index contributed by atoms with van der Waals surface area (Å²) >= 11 is 5.90. The molecule has 4 atom stereocenters. The number of amides is 2. The van der Waals surface area contributed by atoms with Gasteiger partial charge >= 0.3 is 0 Å². The molecule has 34 heavy (non-hydrogen) atoms. The van der Waals surface area contributed by atoms with Gasteiger partial charge in [0.05, 0.1) is 10.9 Å². The zero-order chi connectivity index (χ0) is 24.8. The monoisotopic (exact) mass is 506 g/mol. The van der Waals surface area contributed by atoms with Crippen LogP contribution in [0.1, 0.15) is 55.1 Å². The molecule has 2 aromatic rings. The lowest BCUT2D eigenvalue weighted by atomic mass is 10.00. The second-order valence-electron chi connectivity index (χ2n) is 9.47. The Morgan fingerprint density at radius 2 is 1.85 bits per heavy atom. The zero-order valence-corrected chi connectivity index (χ0v) is 20.9. The standard InChI is InChI=1S/C25H28ClFN2O4S/c1-14-11-22(24(30)28-23(16-7-8-16)20-10-9-18(26)13-21(20)27)29(15(14)2)25(31)17-5-4-6-19(12-17)34(3,32)33/h4-6,9-10,12-16,22-23H,7-8,11H2,1-3H3,(H,28,30)/t14-,15-,22-,23-/m1/s1. The molecular formula is C25H28ClFN2O4S. The number of rotatable bonds is 6. The summed E-state index contributed by atoms with van der Waals surface area (Å²) in [6, 6.07) is 8.84. The Labute approximate surface area is 204 Å². The van der Waals surface area contributed by atoms with Gasteiger partial charge < -0.3 is 10.2 Å². The van der Waals surface area contributed by atoms with Crippen molar-refractivity contribution in [2.24, 2.45) is 11.8 Å². The molecule has 0 radical (unpaired) electrons. The summed E-state index contributed by atoms with van der Waals surface area (Å²) in [5.74, 6) is -1.02. The number of carbonyl (C=O) groups is 2. The molecule has 6 nitrogen and oxygen atoms in total. The van der Waals surface area contributed by atoms with Crippen molar-refractivity contribution >= 4 is 33.3 Å². The average Bonchev–Trinajstić information content (AvgIpc) is 3.57. The van der Waals surface area contributed by atoms with Crippen molar-refractivity contribution in [3.63, 3.8) is 0 Å². The van der Waals surface area contributed by atoms with E-state index in [4.69, 9.17) is 11.6 Å². The second kappa shape index (κ2) is 9.30. The fraction of sp³-hybridized carbons (Fsp3) is 0.440. The normalized spacial score (nSPS) is 23.6. The van der Waals surface area contributed by atoms with Crippen molar-refractivity contribution in [1.82, 2.24) is 10.2 Å². The lowest BCUT2D eigenvalue weighted by Crippen LogP contribution is -2.49. The van der Waals surface area contributed by atoms with Crippen LogP contribution in [0, 0.1) is 17.7 Å². The van der Waals surface area contributed by atoms with E-state index >= 15 is 0 Å². The molecule has 1 aliphatic carbocycles. The summed E-state index contributed by atoms with van der Waals surface area (Å²) in [5, 5.41) is 3.28. The van der Waals surface area contributed by atoms with Gasteiger partial charge in [-0.1, -0.05) is 30.7 Å². The van der Waals surface area contributed by atoms with Gasteiger partial charge in [0.1, 0.15) is 11.9 Å². The highest BCUT2D eigenvalue weighted by Gasteiger charge is 2.45. The van der Waals surface area contributed by atoms with Crippen LogP contribution in [0.3, 0.4) is 0 Å². The third kappa shape index (κ3) is 4.98. The van der Waals surface area contributed by atoms with Crippen molar-refractivity contribution in [1.29, 1.82) is 0 Å². The highest BCUT2D eigenvalue weighted by Crippen LogP contribution is 2.42. The Bertz CT molecular complexity index is 1230. The van der Waals surface area contributed by atoms with E-state index in [1.807, 2.05) is 13.8 Å². The predicted molar refractivity (Wildman–Crippen MR) is 128 cm³/mol. The lowest BCUT2D eigenvalue weighted by molar-refractivity contribution is -0.126. The minimum Gasteiger partial charge on any atom is -0.347 e. The third-order valence-electron chi connectivity index (χ3n) is 6.93. The van der Waals surface area contributed by atoms with Crippen LogP contribution in [0.25, 0.3) is 0 Å². The molecule has 2 amide bonds. The van der Waals surface area contributed by atoms with Crippen molar-refractivity contribution < 1.29 is 22.4 Å². The zero-order valence-electron chi connectivity index (χ0n) is 19.3. The van der Waals surface area contributed by atoms with Gasteiger partial charge in [0.15, 0.2) is 9.84 Å². The number of halogens is 2. The first kappa shape index (κ1) is 24.7. The predicted octanol–water partition coefficient (Wildman–Crippen LogP) is 4.39. The van der Waals surface area contributed by atoms with Crippen molar-refractivity contribution in [3.05, 3.63) is 64.4 Å². The van der Waals surface area contributed by atoms with E-state index in [1.54, 1.807) is 18.2 Å². The van der Waals surface area contributed by atoms with Gasteiger partial charge in [-0.25, -0.2) is 12.8 Å². The molecule has 0 unspecified atom stereocenters. The first-order chi connectivity index (χ1) is 16.0. The highest BCUT2D eigenvalue weighted by atomic mass is 35.5. The van der Waals surface area contributed by atoms with Crippen LogP contribution in [-0.2, 0) is 14.6 Å². The van der Waals surface area contributed by atoms with Crippen LogP contribution in [0.5, 0.6) is 0 Å². The molecule has 0 aromatic heterocycles. The molecule has 2 fully saturated rings. The summed E-state index contributed by atoms with van der Waals surface area (Å²) < 4.78 is 38.6. The fourth-order valence-electron chi connectivity index (χ4n) is 4.67. The molecule has 0 bridgehead atoms. The molecule has 2 aromatic carbocycles. The topological polar surface area (TPSA) is 83.6 Å². The van der Waals surface area contributed by atoms with Gasteiger partial charge in [0.2, 0.25) is 5.91 Å². The number of hydrogen-bond acceptors (Lipinski definition) is 4. The highest BCUT2D eigenvalue weighted by molar-refractivity contribution is 7.90. The van der Waals surface area contributed by atoms with Gasteiger partial charge in [-0.3, -0.25) is 9.59 Å². The van der Waals surface area contributed by atoms with Crippen molar-refractivity contribution in [2.45, 2.75) is 56.1 Å². The Morgan fingerprint density at radius 1 is 1.15 bits per heavy atom. The number of nitrogens with zero attached hydrogens (tertiary/aromatic N) is 1. The number of sulfone groups is 1. The minimum atomic E-state index is -3.49. The maximum absolute atomic E-state index is 14.7. The third-order valence-corrected chi connectivity index (χ3v) is 8.27. The SMILES string of the molecule is C[C@@H]1C[C@H](C(=O)N[C@@H](c2ccc(Cl)cc2F)C2CC2)N(C(=O)c2cccc(S(C)(=O)=O)c2)[C@@H]1C. The number of benzene rings is 2. The van der Waals surface area contributed by atoms with Crippen LogP contribution in [0.2, 0.25) is 5.02 Å². The molecule has 1 heterocycles. The van der Waals surface area contributed by atoms with Crippen LogP contribution in [-0.4, -0.2) is 43.5 Å². The van der Waals surface area contributed by atoms with Crippen LogP contribution >= 0.6 is 11.6 Å². The smallest absolute Gasteiger partial charge is 0.254 e. The summed E-state index contributed by atoms with van der Waals surface area (Å²) in [4.78, 5) is 28.5. The lowest BCUT2D eigenvalue weighted by Gasteiger charge is -2.30. The summed E-state index contributed by atoms with van der Waals surface area (Å²) in [7, 11) is -3.49. The Hall–Kier alpha value is -2.45. The summed E-state index contributed by atoms with van der Waals surface area (Å²) in [6.07, 6.45) is 3.31. The largest absolute Gasteiger partial charge is 0.347 e. The van der Waals surface area contributed by atoms with E-state index in [0.717, 1.165) is 19.1 Å². The molecule has 182 valence electrons. The molecule has 1 saturated heterocycles. The number of carbonyl (C=O) groups excluding carboxylic acids is 2. The Morgan fingerprint density at radius 3 is 2.47 bits per heavy atom. The van der Waals surface area contributed by atoms with Crippen molar-refractivity contribution in [2.75, 3.05) is 6.26 Å². The van der Waals surface area contributed by atoms with E-state index in [1.165, 1.54) is 29.2 Å². The minimum absolute atomic E-state index is 0.0475. The van der Waals surface area contributed by atoms with E-state index in [0.29, 0.717) is 12.0 Å². The van der Waals surface area contributed by atoms with Crippen LogP contribution in [0.15, 0.2) is 47.4 Å². The summed E-state index contributed by atoms with van der Waals surface area (Å²) in [6.45, 7) is 3.86.